The lowest BCUT2D eigenvalue weighted by molar-refractivity contribution is -0.116. The van der Waals surface area contributed by atoms with E-state index in [1.54, 1.807) is 13.3 Å². The molecule has 0 aliphatic rings. The van der Waals surface area contributed by atoms with Crippen molar-refractivity contribution in [2.45, 2.75) is 19.9 Å². The van der Waals surface area contributed by atoms with Crippen molar-refractivity contribution < 1.29 is 9.53 Å². The number of methoxy groups -OCH3 is 1. The zero-order chi connectivity index (χ0) is 15.2. The van der Waals surface area contributed by atoms with E-state index in [9.17, 15) is 4.79 Å². The Balaban J connectivity index is 2.02. The maximum absolute atomic E-state index is 12.0. The molecule has 1 heterocycles. The molecular formula is C14H19N5O2. The van der Waals surface area contributed by atoms with Gasteiger partial charge in [-0.3, -0.25) is 4.79 Å². The topological polar surface area (TPSA) is 95.1 Å². The first kappa shape index (κ1) is 15.0. The van der Waals surface area contributed by atoms with Crippen LogP contribution in [-0.4, -0.2) is 34.6 Å². The first-order chi connectivity index (χ1) is 10.1. The van der Waals surface area contributed by atoms with Crippen LogP contribution in [0.5, 0.6) is 5.75 Å². The molecule has 7 nitrogen and oxygen atoms in total. The molecule has 0 aliphatic carbocycles. The number of ether oxygens (including phenoxy) is 1. The minimum atomic E-state index is -0.192. The molecule has 3 N–H and O–H groups in total. The van der Waals surface area contributed by atoms with Crippen molar-refractivity contribution in [3.05, 3.63) is 35.7 Å². The van der Waals surface area contributed by atoms with Crippen LogP contribution in [0.25, 0.3) is 0 Å². The van der Waals surface area contributed by atoms with Crippen molar-refractivity contribution >= 4 is 11.6 Å². The van der Waals surface area contributed by atoms with E-state index < -0.39 is 0 Å². The van der Waals surface area contributed by atoms with Crippen LogP contribution in [0.2, 0.25) is 0 Å². The van der Waals surface area contributed by atoms with E-state index in [2.05, 4.69) is 15.6 Å². The molecule has 1 aromatic heterocycles. The number of hydrogen-bond donors (Lipinski definition) is 2. The molecule has 0 saturated carbocycles. The van der Waals surface area contributed by atoms with E-state index in [0.29, 0.717) is 24.4 Å². The van der Waals surface area contributed by atoms with Crippen LogP contribution in [-0.2, 0) is 17.8 Å². The van der Waals surface area contributed by atoms with Gasteiger partial charge in [0.2, 0.25) is 5.91 Å². The molecule has 0 bridgehead atoms. The molecule has 0 saturated heterocycles. The Labute approximate surface area is 123 Å². The third-order valence-corrected chi connectivity index (χ3v) is 2.92. The Hall–Kier alpha value is -2.41. The Morgan fingerprint density at radius 1 is 1.48 bits per heavy atom. The normalized spacial score (nSPS) is 10.4. The Morgan fingerprint density at radius 3 is 3.00 bits per heavy atom. The second-order valence-electron chi connectivity index (χ2n) is 4.70. The number of aromatic nitrogens is 3. The van der Waals surface area contributed by atoms with Crippen molar-refractivity contribution in [1.29, 1.82) is 0 Å². The summed E-state index contributed by atoms with van der Waals surface area (Å²) in [6, 6.07) is 5.60. The molecule has 2 rings (SSSR count). The first-order valence-electron chi connectivity index (χ1n) is 6.66. The predicted octanol–water partition coefficient (Wildman–Crippen LogP) is 0.735. The van der Waals surface area contributed by atoms with Crippen LogP contribution in [0.4, 0.5) is 5.69 Å². The van der Waals surface area contributed by atoms with Crippen molar-refractivity contribution in [3.8, 4) is 5.75 Å². The molecule has 7 heteroatoms. The summed E-state index contributed by atoms with van der Waals surface area (Å²) in [5, 5.41) is 10.7. The van der Waals surface area contributed by atoms with Crippen molar-refractivity contribution in [3.63, 3.8) is 0 Å². The number of aryl methyl sites for hydroxylation is 1. The third-order valence-electron chi connectivity index (χ3n) is 2.92. The summed E-state index contributed by atoms with van der Waals surface area (Å²) in [5.41, 5.74) is 7.91. The number of nitrogens with one attached hydrogen (secondary N) is 1. The van der Waals surface area contributed by atoms with E-state index in [-0.39, 0.29) is 12.5 Å². The Bertz CT molecular complexity index is 624. The van der Waals surface area contributed by atoms with Gasteiger partial charge in [-0.2, -0.15) is 0 Å². The number of carbonyl (C=O) groups excluding carboxylic acids is 1. The van der Waals surface area contributed by atoms with Gasteiger partial charge in [0.05, 0.1) is 18.5 Å². The second kappa shape index (κ2) is 6.85. The van der Waals surface area contributed by atoms with Gasteiger partial charge in [-0.05, 0) is 31.2 Å². The van der Waals surface area contributed by atoms with Crippen LogP contribution in [0.3, 0.4) is 0 Å². The number of hydrogen-bond acceptors (Lipinski definition) is 5. The molecule has 0 unspecified atom stereocenters. The summed E-state index contributed by atoms with van der Waals surface area (Å²) in [5.74, 6) is 0.430. The highest BCUT2D eigenvalue weighted by Gasteiger charge is 2.09. The molecule has 21 heavy (non-hydrogen) atoms. The van der Waals surface area contributed by atoms with Crippen molar-refractivity contribution in [1.82, 2.24) is 15.0 Å². The zero-order valence-electron chi connectivity index (χ0n) is 12.2. The number of benzene rings is 1. The fourth-order valence-corrected chi connectivity index (χ4v) is 1.93. The van der Waals surface area contributed by atoms with Crippen LogP contribution < -0.4 is 15.8 Å². The number of carbonyl (C=O) groups is 1. The van der Waals surface area contributed by atoms with E-state index in [1.165, 1.54) is 4.68 Å². The Morgan fingerprint density at radius 2 is 2.29 bits per heavy atom. The summed E-state index contributed by atoms with van der Waals surface area (Å²) in [7, 11) is 1.57. The molecule has 1 aromatic carbocycles. The summed E-state index contributed by atoms with van der Waals surface area (Å²) in [6.45, 7) is 2.55. The lowest BCUT2D eigenvalue weighted by Gasteiger charge is -2.10. The maximum atomic E-state index is 12.0. The minimum absolute atomic E-state index is 0.0919. The molecule has 0 aliphatic heterocycles. The SMILES string of the molecule is COc1ccc(C)cc1NC(=O)Cn1cc(CCN)nn1. The summed E-state index contributed by atoms with van der Waals surface area (Å²) >= 11 is 0. The number of rotatable bonds is 6. The Kier molecular flexibility index (Phi) is 4.89. The van der Waals surface area contributed by atoms with Gasteiger partial charge in [-0.1, -0.05) is 11.3 Å². The average molecular weight is 289 g/mol. The van der Waals surface area contributed by atoms with E-state index >= 15 is 0 Å². The summed E-state index contributed by atoms with van der Waals surface area (Å²) in [4.78, 5) is 12.0. The van der Waals surface area contributed by atoms with Gasteiger partial charge in [0.25, 0.3) is 0 Å². The predicted molar refractivity (Wildman–Crippen MR) is 79.1 cm³/mol. The monoisotopic (exact) mass is 289 g/mol. The van der Waals surface area contributed by atoms with Gasteiger partial charge in [0.15, 0.2) is 0 Å². The van der Waals surface area contributed by atoms with Gasteiger partial charge < -0.3 is 15.8 Å². The fourth-order valence-electron chi connectivity index (χ4n) is 1.93. The summed E-state index contributed by atoms with van der Waals surface area (Å²) in [6.07, 6.45) is 2.37. The highest BCUT2D eigenvalue weighted by Crippen LogP contribution is 2.25. The van der Waals surface area contributed by atoms with Gasteiger partial charge in [-0.15, -0.1) is 5.10 Å². The molecule has 2 aromatic rings. The maximum Gasteiger partial charge on any atom is 0.246 e. The van der Waals surface area contributed by atoms with E-state index in [1.807, 2.05) is 25.1 Å². The van der Waals surface area contributed by atoms with Gasteiger partial charge in [0, 0.05) is 12.6 Å². The largest absolute Gasteiger partial charge is 0.495 e. The molecule has 112 valence electrons. The zero-order valence-corrected chi connectivity index (χ0v) is 12.2. The van der Waals surface area contributed by atoms with E-state index in [4.69, 9.17) is 10.5 Å². The first-order valence-corrected chi connectivity index (χ1v) is 6.66. The van der Waals surface area contributed by atoms with Crippen LogP contribution >= 0.6 is 0 Å². The quantitative estimate of drug-likeness (QED) is 0.817. The second-order valence-corrected chi connectivity index (χ2v) is 4.70. The number of anilines is 1. The van der Waals surface area contributed by atoms with Crippen LogP contribution in [0.15, 0.2) is 24.4 Å². The fraction of sp³-hybridized carbons (Fsp3) is 0.357. The van der Waals surface area contributed by atoms with Crippen molar-refractivity contribution in [2.75, 3.05) is 19.0 Å². The molecule has 0 spiro atoms. The standard InChI is InChI=1S/C14H19N5O2/c1-10-3-4-13(21-2)12(7-10)16-14(20)9-19-8-11(5-6-15)17-18-19/h3-4,7-8H,5-6,9,15H2,1-2H3,(H,16,20). The van der Waals surface area contributed by atoms with Crippen molar-refractivity contribution in [2.24, 2.45) is 5.73 Å². The molecule has 1 amide bonds. The van der Waals surface area contributed by atoms with Gasteiger partial charge in [0.1, 0.15) is 12.3 Å². The molecule has 0 atom stereocenters. The van der Waals surface area contributed by atoms with Gasteiger partial charge in [-0.25, -0.2) is 4.68 Å². The minimum Gasteiger partial charge on any atom is -0.495 e. The lowest BCUT2D eigenvalue weighted by Crippen LogP contribution is -2.19. The van der Waals surface area contributed by atoms with Crippen LogP contribution in [0, 0.1) is 6.92 Å². The smallest absolute Gasteiger partial charge is 0.246 e. The molecule has 0 fully saturated rings. The molecule has 0 radical (unpaired) electrons. The lowest BCUT2D eigenvalue weighted by atomic mass is 10.2. The molecular weight excluding hydrogens is 270 g/mol. The summed E-state index contributed by atoms with van der Waals surface area (Å²) < 4.78 is 6.71. The van der Waals surface area contributed by atoms with E-state index in [0.717, 1.165) is 11.3 Å². The third kappa shape index (κ3) is 4.03. The number of nitrogens with two attached hydrogens (primary N) is 1. The average Bonchev–Trinajstić information content (AvgIpc) is 2.86. The number of nitrogens with zero attached hydrogens (tertiary/aromatic N) is 3. The highest BCUT2D eigenvalue weighted by atomic mass is 16.5. The highest BCUT2D eigenvalue weighted by molar-refractivity contribution is 5.92. The van der Waals surface area contributed by atoms with Crippen LogP contribution in [0.1, 0.15) is 11.3 Å². The van der Waals surface area contributed by atoms with Gasteiger partial charge >= 0.3 is 0 Å². The number of amides is 1.